The van der Waals surface area contributed by atoms with Gasteiger partial charge in [-0.2, -0.15) is 0 Å². The lowest BCUT2D eigenvalue weighted by Gasteiger charge is -2.22. The molecule has 1 fully saturated rings. The Kier molecular flexibility index (Phi) is 3.69. The summed E-state index contributed by atoms with van der Waals surface area (Å²) in [6, 6.07) is 5.94. The van der Waals surface area contributed by atoms with E-state index in [4.69, 9.17) is 0 Å². The maximum atomic E-state index is 9.43. The lowest BCUT2D eigenvalue weighted by molar-refractivity contribution is 0.375. The highest BCUT2D eigenvalue weighted by atomic mass is 16.3. The average Bonchev–Trinajstić information content (AvgIpc) is 2.82. The predicted octanol–water partition coefficient (Wildman–Crippen LogP) is 2.73. The molecule has 0 radical (unpaired) electrons. The molecule has 0 aliphatic heterocycles. The number of aromatic nitrogens is 2. The quantitative estimate of drug-likeness (QED) is 0.791. The van der Waals surface area contributed by atoms with Crippen LogP contribution >= 0.6 is 0 Å². The summed E-state index contributed by atoms with van der Waals surface area (Å²) in [5, 5.41) is 13.0. The number of aromatic hydroxyl groups is 1. The van der Waals surface area contributed by atoms with Gasteiger partial charge in [0.05, 0.1) is 11.0 Å². The Balaban J connectivity index is 1.56. The van der Waals surface area contributed by atoms with Gasteiger partial charge >= 0.3 is 0 Å². The van der Waals surface area contributed by atoms with Crippen molar-refractivity contribution in [3.05, 3.63) is 24.0 Å². The summed E-state index contributed by atoms with van der Waals surface area (Å²) < 4.78 is 0. The van der Waals surface area contributed by atoms with E-state index in [1.54, 1.807) is 12.1 Å². The highest BCUT2D eigenvalue weighted by Crippen LogP contribution is 2.19. The molecule has 1 aliphatic rings. The highest BCUT2D eigenvalue weighted by Gasteiger charge is 2.12. The number of hydrogen-bond donors (Lipinski definition) is 3. The molecule has 1 aliphatic carbocycles. The summed E-state index contributed by atoms with van der Waals surface area (Å²) in [6.07, 6.45) is 7.66. The zero-order valence-electron chi connectivity index (χ0n) is 11.2. The van der Waals surface area contributed by atoms with Gasteiger partial charge in [-0.3, -0.25) is 0 Å². The Labute approximate surface area is 113 Å². The minimum atomic E-state index is 0.281. The van der Waals surface area contributed by atoms with Gasteiger partial charge in [0.25, 0.3) is 0 Å². The van der Waals surface area contributed by atoms with E-state index in [-0.39, 0.29) is 5.75 Å². The fourth-order valence-corrected chi connectivity index (χ4v) is 2.87. The smallest absolute Gasteiger partial charge is 0.117 e. The van der Waals surface area contributed by atoms with Gasteiger partial charge in [-0.15, -0.1) is 0 Å². The molecule has 3 N–H and O–H groups in total. The Bertz CT molecular complexity index is 543. The van der Waals surface area contributed by atoms with Crippen molar-refractivity contribution < 1.29 is 5.11 Å². The van der Waals surface area contributed by atoms with Crippen LogP contribution in [0, 0.1) is 0 Å². The predicted molar refractivity (Wildman–Crippen MR) is 76.3 cm³/mol. The van der Waals surface area contributed by atoms with E-state index in [1.165, 1.54) is 32.1 Å². The highest BCUT2D eigenvalue weighted by molar-refractivity contribution is 5.76. The lowest BCUT2D eigenvalue weighted by Crippen LogP contribution is -2.32. The van der Waals surface area contributed by atoms with Crippen molar-refractivity contribution in [2.75, 3.05) is 6.54 Å². The first-order chi connectivity index (χ1) is 9.31. The Morgan fingerprint density at radius 2 is 2.11 bits per heavy atom. The van der Waals surface area contributed by atoms with Crippen LogP contribution in [0.25, 0.3) is 11.0 Å². The number of rotatable bonds is 4. The number of benzene rings is 1. The Morgan fingerprint density at radius 3 is 2.95 bits per heavy atom. The molecule has 1 aromatic carbocycles. The van der Waals surface area contributed by atoms with Crippen molar-refractivity contribution in [2.45, 2.75) is 44.6 Å². The molecular weight excluding hydrogens is 238 g/mol. The molecule has 4 heteroatoms. The minimum Gasteiger partial charge on any atom is -0.508 e. The Morgan fingerprint density at radius 1 is 1.26 bits per heavy atom. The lowest BCUT2D eigenvalue weighted by atomic mass is 9.95. The molecule has 0 bridgehead atoms. The van der Waals surface area contributed by atoms with Crippen molar-refractivity contribution in [3.63, 3.8) is 0 Å². The van der Waals surface area contributed by atoms with Crippen LogP contribution in [-0.2, 0) is 6.42 Å². The van der Waals surface area contributed by atoms with Crippen molar-refractivity contribution in [1.82, 2.24) is 15.3 Å². The third-order valence-electron chi connectivity index (χ3n) is 3.91. The number of nitrogens with one attached hydrogen (secondary N) is 2. The molecule has 4 nitrogen and oxygen atoms in total. The van der Waals surface area contributed by atoms with Crippen LogP contribution < -0.4 is 5.32 Å². The summed E-state index contributed by atoms with van der Waals surface area (Å²) in [5.74, 6) is 1.27. The molecule has 1 heterocycles. The number of imidazole rings is 1. The first-order valence-electron chi connectivity index (χ1n) is 7.22. The number of phenolic OH excluding ortho intramolecular Hbond substituents is 1. The normalized spacial score (nSPS) is 17.1. The number of phenols is 1. The third-order valence-corrected chi connectivity index (χ3v) is 3.91. The molecule has 1 aromatic heterocycles. The molecule has 19 heavy (non-hydrogen) atoms. The van der Waals surface area contributed by atoms with E-state index >= 15 is 0 Å². The van der Waals surface area contributed by atoms with Crippen LogP contribution in [0.1, 0.15) is 37.9 Å². The monoisotopic (exact) mass is 259 g/mol. The number of H-pyrrole nitrogens is 1. The zero-order valence-corrected chi connectivity index (χ0v) is 11.2. The van der Waals surface area contributed by atoms with Gasteiger partial charge in [-0.25, -0.2) is 4.98 Å². The van der Waals surface area contributed by atoms with E-state index in [0.717, 1.165) is 29.8 Å². The first-order valence-corrected chi connectivity index (χ1v) is 7.22. The minimum absolute atomic E-state index is 0.281. The molecule has 0 amide bonds. The topological polar surface area (TPSA) is 60.9 Å². The molecule has 0 unspecified atom stereocenters. The van der Waals surface area contributed by atoms with Crippen LogP contribution in [-0.4, -0.2) is 27.7 Å². The van der Waals surface area contributed by atoms with Gasteiger partial charge < -0.3 is 15.4 Å². The van der Waals surface area contributed by atoms with E-state index in [0.29, 0.717) is 6.04 Å². The fourth-order valence-electron chi connectivity index (χ4n) is 2.87. The fraction of sp³-hybridized carbons (Fsp3) is 0.533. The molecule has 0 atom stereocenters. The standard InChI is InChI=1S/C15H21N3O/c19-12-6-7-13-14(10-12)18-15(17-13)8-9-16-11-4-2-1-3-5-11/h6-7,10-11,16,19H,1-5,8-9H2,(H,17,18). The molecule has 3 rings (SSSR count). The van der Waals surface area contributed by atoms with Gasteiger partial charge in [-0.05, 0) is 25.0 Å². The van der Waals surface area contributed by atoms with Gasteiger partial charge in [0.15, 0.2) is 0 Å². The second kappa shape index (κ2) is 5.61. The van der Waals surface area contributed by atoms with Crippen molar-refractivity contribution in [3.8, 4) is 5.75 Å². The van der Waals surface area contributed by atoms with Crippen molar-refractivity contribution >= 4 is 11.0 Å². The molecule has 0 saturated heterocycles. The number of hydrogen-bond acceptors (Lipinski definition) is 3. The third kappa shape index (κ3) is 3.07. The van der Waals surface area contributed by atoms with Gasteiger partial charge in [0, 0.05) is 25.1 Å². The second-order valence-electron chi connectivity index (χ2n) is 5.42. The maximum absolute atomic E-state index is 9.43. The number of nitrogens with zero attached hydrogens (tertiary/aromatic N) is 1. The number of aromatic amines is 1. The van der Waals surface area contributed by atoms with E-state index in [9.17, 15) is 5.11 Å². The van der Waals surface area contributed by atoms with Crippen molar-refractivity contribution in [1.29, 1.82) is 0 Å². The average molecular weight is 259 g/mol. The van der Waals surface area contributed by atoms with E-state index < -0.39 is 0 Å². The largest absolute Gasteiger partial charge is 0.508 e. The van der Waals surface area contributed by atoms with E-state index in [1.807, 2.05) is 6.07 Å². The van der Waals surface area contributed by atoms with E-state index in [2.05, 4.69) is 15.3 Å². The zero-order chi connectivity index (χ0) is 13.1. The molecule has 102 valence electrons. The Hall–Kier alpha value is -1.55. The molecular formula is C15H21N3O. The van der Waals surface area contributed by atoms with Crippen LogP contribution in [0.4, 0.5) is 0 Å². The van der Waals surface area contributed by atoms with Gasteiger partial charge in [0.2, 0.25) is 0 Å². The maximum Gasteiger partial charge on any atom is 0.117 e. The summed E-state index contributed by atoms with van der Waals surface area (Å²) in [7, 11) is 0. The van der Waals surface area contributed by atoms with Crippen molar-refractivity contribution in [2.24, 2.45) is 0 Å². The van der Waals surface area contributed by atoms with Crippen LogP contribution in [0.5, 0.6) is 5.75 Å². The van der Waals surface area contributed by atoms with Gasteiger partial charge in [-0.1, -0.05) is 19.3 Å². The SMILES string of the molecule is Oc1ccc2nc(CCNC3CCCCC3)[nH]c2c1. The van der Waals surface area contributed by atoms with Crippen LogP contribution in [0.2, 0.25) is 0 Å². The molecule has 2 aromatic rings. The second-order valence-corrected chi connectivity index (χ2v) is 5.42. The summed E-state index contributed by atoms with van der Waals surface area (Å²) in [4.78, 5) is 7.79. The first kappa shape index (κ1) is 12.5. The number of fused-ring (bicyclic) bond motifs is 1. The summed E-state index contributed by atoms with van der Waals surface area (Å²) in [5.41, 5.74) is 1.83. The molecule has 0 spiro atoms. The summed E-state index contributed by atoms with van der Waals surface area (Å²) in [6.45, 7) is 0.969. The molecule has 1 saturated carbocycles. The summed E-state index contributed by atoms with van der Waals surface area (Å²) >= 11 is 0. The van der Waals surface area contributed by atoms with Crippen LogP contribution in [0.15, 0.2) is 18.2 Å². The van der Waals surface area contributed by atoms with Gasteiger partial charge in [0.1, 0.15) is 11.6 Å². The van der Waals surface area contributed by atoms with Crippen LogP contribution in [0.3, 0.4) is 0 Å².